The van der Waals surface area contributed by atoms with Crippen LogP contribution < -0.4 is 16.4 Å². The number of anilines is 2. The van der Waals surface area contributed by atoms with Gasteiger partial charge in [0.25, 0.3) is 0 Å². The van der Waals surface area contributed by atoms with Crippen molar-refractivity contribution in [3.05, 3.63) is 30.6 Å². The molecule has 2 rings (SSSR count). The highest BCUT2D eigenvalue weighted by atomic mass is 16.5. The predicted molar refractivity (Wildman–Crippen MR) is 84.1 cm³/mol. The van der Waals surface area contributed by atoms with Crippen LogP contribution >= 0.6 is 0 Å². The first-order valence-electron chi connectivity index (χ1n) is 6.79. The second kappa shape index (κ2) is 6.90. The summed E-state index contributed by atoms with van der Waals surface area (Å²) >= 11 is 0. The molecule has 0 aliphatic rings. The molecule has 4 N–H and O–H groups in total. The molecule has 6 nitrogen and oxygen atoms in total. The van der Waals surface area contributed by atoms with Crippen molar-refractivity contribution in [3.8, 4) is 0 Å². The molecule has 1 unspecified atom stereocenters. The fourth-order valence-corrected chi connectivity index (χ4v) is 2.07. The van der Waals surface area contributed by atoms with E-state index in [1.54, 1.807) is 26.4 Å². The van der Waals surface area contributed by atoms with Crippen molar-refractivity contribution >= 4 is 28.1 Å². The summed E-state index contributed by atoms with van der Waals surface area (Å²) in [5.41, 5.74) is 7.47. The number of nitrogen functional groups attached to an aromatic ring is 1. The molecule has 0 aliphatic carbocycles. The molecular formula is C15H20N4O2. The van der Waals surface area contributed by atoms with Crippen LogP contribution in [0.1, 0.15) is 6.92 Å². The van der Waals surface area contributed by atoms with Crippen molar-refractivity contribution in [1.29, 1.82) is 0 Å². The second-order valence-corrected chi connectivity index (χ2v) is 4.77. The summed E-state index contributed by atoms with van der Waals surface area (Å²) in [6.45, 7) is 2.79. The number of methoxy groups -OCH3 is 1. The van der Waals surface area contributed by atoms with Gasteiger partial charge in [-0.25, -0.2) is 0 Å². The van der Waals surface area contributed by atoms with Crippen LogP contribution in [0, 0.1) is 0 Å². The van der Waals surface area contributed by atoms with Gasteiger partial charge in [0.15, 0.2) is 0 Å². The molecule has 0 fully saturated rings. The molecule has 1 aromatic heterocycles. The van der Waals surface area contributed by atoms with Gasteiger partial charge in [0.2, 0.25) is 5.91 Å². The van der Waals surface area contributed by atoms with Crippen molar-refractivity contribution in [2.45, 2.75) is 13.0 Å². The van der Waals surface area contributed by atoms with Gasteiger partial charge in [-0.1, -0.05) is 0 Å². The van der Waals surface area contributed by atoms with Gasteiger partial charge in [0.05, 0.1) is 6.61 Å². The number of carbonyl (C=O) groups excluding carboxylic acids is 1. The maximum Gasteiger partial charge on any atom is 0.242 e. The summed E-state index contributed by atoms with van der Waals surface area (Å²) < 4.78 is 4.90. The zero-order chi connectivity index (χ0) is 15.2. The molecule has 0 saturated heterocycles. The van der Waals surface area contributed by atoms with E-state index in [0.29, 0.717) is 18.8 Å². The van der Waals surface area contributed by atoms with Gasteiger partial charge >= 0.3 is 0 Å². The molecule has 0 aliphatic heterocycles. The Hall–Kier alpha value is -2.34. The van der Waals surface area contributed by atoms with Crippen LogP contribution in [0.2, 0.25) is 0 Å². The number of ether oxygens (including phenoxy) is 1. The minimum Gasteiger partial charge on any atom is -0.398 e. The minimum atomic E-state index is -0.367. The van der Waals surface area contributed by atoms with Crippen LogP contribution in [-0.2, 0) is 9.53 Å². The first kappa shape index (κ1) is 15.1. The Kier molecular flexibility index (Phi) is 4.94. The molecule has 1 aromatic carbocycles. The number of amides is 1. The minimum absolute atomic E-state index is 0.0825. The molecule has 112 valence electrons. The van der Waals surface area contributed by atoms with Crippen LogP contribution in [-0.4, -0.2) is 37.2 Å². The number of hydrogen-bond acceptors (Lipinski definition) is 5. The van der Waals surface area contributed by atoms with Crippen molar-refractivity contribution in [2.75, 3.05) is 31.3 Å². The van der Waals surface area contributed by atoms with Crippen molar-refractivity contribution in [2.24, 2.45) is 0 Å². The molecule has 1 atom stereocenters. The zero-order valence-electron chi connectivity index (χ0n) is 12.2. The average molecular weight is 288 g/mol. The van der Waals surface area contributed by atoms with E-state index in [-0.39, 0.29) is 11.9 Å². The van der Waals surface area contributed by atoms with Gasteiger partial charge in [-0.3, -0.25) is 9.78 Å². The maximum absolute atomic E-state index is 12.0. The standard InChI is InChI=1S/C15H20N4O2/c1-10(15(20)18-7-8-21-2)19-14-4-3-13(16)11-5-6-17-9-12(11)14/h3-6,9-10,19H,7-8,16H2,1-2H3,(H,18,20). The summed E-state index contributed by atoms with van der Waals surface area (Å²) in [6, 6.07) is 5.17. The number of fused-ring (bicyclic) bond motifs is 1. The summed E-state index contributed by atoms with van der Waals surface area (Å²) in [6.07, 6.45) is 3.44. The molecule has 6 heteroatoms. The SMILES string of the molecule is COCCNC(=O)C(C)Nc1ccc(N)c2ccncc12. The van der Waals surface area contributed by atoms with Gasteiger partial charge in [0.1, 0.15) is 6.04 Å². The monoisotopic (exact) mass is 288 g/mol. The maximum atomic E-state index is 12.0. The van der Waals surface area contributed by atoms with E-state index < -0.39 is 0 Å². The van der Waals surface area contributed by atoms with Crippen LogP contribution in [0.25, 0.3) is 10.8 Å². The van der Waals surface area contributed by atoms with E-state index in [2.05, 4.69) is 15.6 Å². The third kappa shape index (κ3) is 3.61. The third-order valence-corrected chi connectivity index (χ3v) is 3.22. The summed E-state index contributed by atoms with van der Waals surface area (Å²) in [5.74, 6) is -0.0825. The Morgan fingerprint density at radius 2 is 2.19 bits per heavy atom. The molecule has 0 spiro atoms. The van der Waals surface area contributed by atoms with Gasteiger partial charge in [0, 0.05) is 48.2 Å². The summed E-state index contributed by atoms with van der Waals surface area (Å²) in [7, 11) is 1.60. The largest absolute Gasteiger partial charge is 0.398 e. The van der Waals surface area contributed by atoms with Crippen LogP contribution in [0.5, 0.6) is 0 Å². The highest BCUT2D eigenvalue weighted by Crippen LogP contribution is 2.27. The second-order valence-electron chi connectivity index (χ2n) is 4.77. The van der Waals surface area contributed by atoms with Crippen molar-refractivity contribution in [3.63, 3.8) is 0 Å². The number of benzene rings is 1. The van der Waals surface area contributed by atoms with E-state index in [9.17, 15) is 4.79 Å². The average Bonchev–Trinajstić information content (AvgIpc) is 2.50. The highest BCUT2D eigenvalue weighted by molar-refractivity contribution is 6.01. The van der Waals surface area contributed by atoms with Gasteiger partial charge in [-0.15, -0.1) is 0 Å². The summed E-state index contributed by atoms with van der Waals surface area (Å²) in [5, 5.41) is 7.80. The lowest BCUT2D eigenvalue weighted by Crippen LogP contribution is -2.39. The Bertz CT molecular complexity index is 630. The topological polar surface area (TPSA) is 89.3 Å². The van der Waals surface area contributed by atoms with Gasteiger partial charge < -0.3 is 21.1 Å². The van der Waals surface area contributed by atoms with E-state index >= 15 is 0 Å². The molecular weight excluding hydrogens is 268 g/mol. The normalized spacial score (nSPS) is 12.1. The molecule has 0 radical (unpaired) electrons. The van der Waals surface area contributed by atoms with E-state index in [0.717, 1.165) is 16.5 Å². The molecule has 0 bridgehead atoms. The molecule has 0 saturated carbocycles. The van der Waals surface area contributed by atoms with Crippen molar-refractivity contribution in [1.82, 2.24) is 10.3 Å². The molecule has 1 heterocycles. The highest BCUT2D eigenvalue weighted by Gasteiger charge is 2.13. The Labute approximate surface area is 123 Å². The number of pyridine rings is 1. The lowest BCUT2D eigenvalue weighted by atomic mass is 10.1. The number of hydrogen-bond donors (Lipinski definition) is 3. The number of nitrogens with two attached hydrogens (primary N) is 1. The van der Waals surface area contributed by atoms with Crippen LogP contribution in [0.15, 0.2) is 30.6 Å². The number of rotatable bonds is 6. The van der Waals surface area contributed by atoms with Crippen molar-refractivity contribution < 1.29 is 9.53 Å². The first-order chi connectivity index (χ1) is 10.1. The van der Waals surface area contributed by atoms with E-state index in [1.807, 2.05) is 18.2 Å². The van der Waals surface area contributed by atoms with Gasteiger partial charge in [-0.05, 0) is 25.1 Å². The van der Waals surface area contributed by atoms with Crippen LogP contribution in [0.3, 0.4) is 0 Å². The van der Waals surface area contributed by atoms with E-state index in [1.165, 1.54) is 0 Å². The van der Waals surface area contributed by atoms with Crippen LogP contribution in [0.4, 0.5) is 11.4 Å². The number of nitrogens with zero attached hydrogens (tertiary/aromatic N) is 1. The number of carbonyl (C=O) groups is 1. The Morgan fingerprint density at radius 3 is 2.95 bits per heavy atom. The lowest BCUT2D eigenvalue weighted by molar-refractivity contribution is -0.121. The summed E-state index contributed by atoms with van der Waals surface area (Å²) in [4.78, 5) is 16.1. The number of aromatic nitrogens is 1. The lowest BCUT2D eigenvalue weighted by Gasteiger charge is -2.17. The third-order valence-electron chi connectivity index (χ3n) is 3.22. The molecule has 2 aromatic rings. The fourth-order valence-electron chi connectivity index (χ4n) is 2.07. The molecule has 1 amide bonds. The quantitative estimate of drug-likeness (QED) is 0.552. The Morgan fingerprint density at radius 1 is 1.38 bits per heavy atom. The molecule has 21 heavy (non-hydrogen) atoms. The first-order valence-corrected chi connectivity index (χ1v) is 6.79. The van der Waals surface area contributed by atoms with E-state index in [4.69, 9.17) is 10.5 Å². The predicted octanol–water partition coefficient (Wildman–Crippen LogP) is 1.38. The Balaban J connectivity index is 2.13. The number of nitrogens with one attached hydrogen (secondary N) is 2. The zero-order valence-corrected chi connectivity index (χ0v) is 12.2. The fraction of sp³-hybridized carbons (Fsp3) is 0.333. The smallest absolute Gasteiger partial charge is 0.242 e. The van der Waals surface area contributed by atoms with Gasteiger partial charge in [-0.2, -0.15) is 0 Å².